The van der Waals surface area contributed by atoms with Gasteiger partial charge in [0.05, 0.1) is 23.9 Å². The third-order valence-electron chi connectivity index (χ3n) is 5.11. The van der Waals surface area contributed by atoms with Crippen LogP contribution < -0.4 is 10.1 Å². The highest BCUT2D eigenvalue weighted by Crippen LogP contribution is 2.41. The maximum atomic E-state index is 6.23. The first-order chi connectivity index (χ1) is 11.2. The Morgan fingerprint density at radius 3 is 3.22 bits per heavy atom. The van der Waals surface area contributed by atoms with Gasteiger partial charge in [0.25, 0.3) is 6.02 Å². The van der Waals surface area contributed by atoms with Crippen LogP contribution in [0.3, 0.4) is 0 Å². The van der Waals surface area contributed by atoms with Crippen molar-refractivity contribution in [3.63, 3.8) is 0 Å². The number of amidine groups is 1. The van der Waals surface area contributed by atoms with Crippen molar-refractivity contribution in [3.05, 3.63) is 18.2 Å². The van der Waals surface area contributed by atoms with Crippen LogP contribution in [0, 0.1) is 5.92 Å². The number of anilines is 1. The van der Waals surface area contributed by atoms with Gasteiger partial charge in [-0.3, -0.25) is 10.2 Å². The molecule has 5 rings (SSSR count). The molecule has 0 saturated carbocycles. The van der Waals surface area contributed by atoms with Crippen LogP contribution in [-0.4, -0.2) is 54.8 Å². The van der Waals surface area contributed by atoms with Crippen molar-refractivity contribution in [3.8, 4) is 5.75 Å². The Kier molecular flexibility index (Phi) is 2.84. The molecule has 2 bridgehead atoms. The van der Waals surface area contributed by atoms with Crippen molar-refractivity contribution in [1.29, 1.82) is 0 Å². The Morgan fingerprint density at radius 1 is 1.48 bits per heavy atom. The van der Waals surface area contributed by atoms with Gasteiger partial charge in [0.15, 0.2) is 5.13 Å². The monoisotopic (exact) mass is 330 g/mol. The van der Waals surface area contributed by atoms with Crippen LogP contribution in [-0.2, 0) is 4.74 Å². The molecule has 0 aliphatic carbocycles. The lowest BCUT2D eigenvalue weighted by atomic mass is 9.88. The largest absolute Gasteiger partial charge is 0.497 e. The van der Waals surface area contributed by atoms with Gasteiger partial charge < -0.3 is 9.47 Å². The molecule has 2 saturated heterocycles. The van der Waals surface area contributed by atoms with Gasteiger partial charge in [0.2, 0.25) is 0 Å². The van der Waals surface area contributed by atoms with Crippen LogP contribution in [0.5, 0.6) is 5.75 Å². The number of thiazole rings is 1. The normalized spacial score (nSPS) is 31.6. The smallest absolute Gasteiger partial charge is 0.291 e. The van der Waals surface area contributed by atoms with Gasteiger partial charge in [-0.15, -0.1) is 0 Å². The van der Waals surface area contributed by atoms with Crippen molar-refractivity contribution >= 4 is 32.7 Å². The van der Waals surface area contributed by atoms with Crippen molar-refractivity contribution in [2.75, 3.05) is 38.6 Å². The fourth-order valence-corrected chi connectivity index (χ4v) is 4.80. The van der Waals surface area contributed by atoms with E-state index >= 15 is 0 Å². The molecule has 0 radical (unpaired) electrons. The van der Waals surface area contributed by atoms with Crippen LogP contribution >= 0.6 is 11.3 Å². The van der Waals surface area contributed by atoms with Crippen molar-refractivity contribution in [2.24, 2.45) is 10.9 Å². The molecular weight excluding hydrogens is 312 g/mol. The highest BCUT2D eigenvalue weighted by Gasteiger charge is 2.54. The Bertz CT molecular complexity index is 804. The second-order valence-electron chi connectivity index (χ2n) is 6.49. The van der Waals surface area contributed by atoms with Crippen LogP contribution in [0.2, 0.25) is 0 Å². The quantitative estimate of drug-likeness (QED) is 0.914. The zero-order valence-corrected chi connectivity index (χ0v) is 13.7. The Morgan fingerprint density at radius 2 is 2.43 bits per heavy atom. The van der Waals surface area contributed by atoms with Gasteiger partial charge in [-0.25, -0.2) is 9.98 Å². The summed E-state index contributed by atoms with van der Waals surface area (Å²) in [6, 6.07) is 6.51. The third-order valence-corrected chi connectivity index (χ3v) is 6.04. The van der Waals surface area contributed by atoms with Gasteiger partial charge in [0.1, 0.15) is 11.4 Å². The van der Waals surface area contributed by atoms with E-state index in [1.54, 1.807) is 18.4 Å². The van der Waals surface area contributed by atoms with E-state index in [9.17, 15) is 0 Å². The molecule has 1 aromatic carbocycles. The van der Waals surface area contributed by atoms with Crippen LogP contribution in [0.4, 0.5) is 5.13 Å². The molecule has 3 aliphatic heterocycles. The first-order valence-electron chi connectivity index (χ1n) is 7.91. The number of nitrogens with zero attached hydrogens (tertiary/aromatic N) is 3. The molecule has 0 unspecified atom stereocenters. The van der Waals surface area contributed by atoms with Crippen LogP contribution in [0.1, 0.15) is 6.42 Å². The molecule has 2 aromatic rings. The molecule has 3 atom stereocenters. The summed E-state index contributed by atoms with van der Waals surface area (Å²) in [6.45, 7) is 4.13. The van der Waals surface area contributed by atoms with Gasteiger partial charge in [0, 0.05) is 19.0 Å². The average Bonchev–Trinajstić information content (AvgIpc) is 3.31. The highest BCUT2D eigenvalue weighted by molar-refractivity contribution is 7.22. The van der Waals surface area contributed by atoms with E-state index in [4.69, 9.17) is 9.47 Å². The van der Waals surface area contributed by atoms with Crippen molar-refractivity contribution in [2.45, 2.75) is 12.0 Å². The number of ether oxygens (including phenoxy) is 2. The third kappa shape index (κ3) is 2.10. The predicted molar refractivity (Wildman–Crippen MR) is 90.5 cm³/mol. The Labute approximate surface area is 138 Å². The van der Waals surface area contributed by atoms with E-state index in [1.165, 1.54) is 13.0 Å². The number of rotatable bonds is 2. The number of nitrogens with one attached hydrogen (secondary N) is 1. The number of hydrogen-bond acceptors (Lipinski definition) is 7. The minimum Gasteiger partial charge on any atom is -0.497 e. The van der Waals surface area contributed by atoms with E-state index in [1.807, 2.05) is 18.2 Å². The molecule has 1 spiro atoms. The number of aromatic nitrogens is 1. The zero-order chi connectivity index (χ0) is 15.4. The summed E-state index contributed by atoms with van der Waals surface area (Å²) < 4.78 is 12.6. The first-order valence-corrected chi connectivity index (χ1v) is 8.73. The number of benzene rings is 1. The number of methoxy groups -OCH3 is 1. The second-order valence-corrected chi connectivity index (χ2v) is 7.52. The molecule has 2 fully saturated rings. The summed E-state index contributed by atoms with van der Waals surface area (Å²) in [5.74, 6) is 1.46. The molecule has 23 heavy (non-hydrogen) atoms. The molecule has 4 heterocycles. The fraction of sp³-hybridized carbons (Fsp3) is 0.500. The molecule has 1 aromatic heterocycles. The first kappa shape index (κ1) is 13.6. The predicted octanol–water partition coefficient (Wildman–Crippen LogP) is 2.18. The number of piperidine rings is 1. The number of aliphatic imine (C=N–C) groups is 1. The maximum Gasteiger partial charge on any atom is 0.291 e. The van der Waals surface area contributed by atoms with E-state index in [0.29, 0.717) is 11.9 Å². The highest BCUT2D eigenvalue weighted by atomic mass is 32.1. The van der Waals surface area contributed by atoms with Crippen LogP contribution in [0.25, 0.3) is 10.2 Å². The van der Waals surface area contributed by atoms with Crippen molar-refractivity contribution in [1.82, 2.24) is 9.88 Å². The average molecular weight is 330 g/mol. The van der Waals surface area contributed by atoms with Gasteiger partial charge in [-0.2, -0.15) is 0 Å². The van der Waals surface area contributed by atoms with E-state index < -0.39 is 0 Å². The van der Waals surface area contributed by atoms with Gasteiger partial charge >= 0.3 is 0 Å². The lowest BCUT2D eigenvalue weighted by Crippen LogP contribution is -2.46. The summed E-state index contributed by atoms with van der Waals surface area (Å²) in [5, 5.41) is 4.07. The molecule has 1 N–H and O–H groups in total. The second kappa shape index (κ2) is 4.82. The minimum absolute atomic E-state index is 0.0967. The Hall–Kier alpha value is -1.86. The molecule has 7 heteroatoms. The standard InChI is InChI=1S/C16H18N4O2S/c1-21-11-2-3-12-13(6-11)23-15(18-12)19-14-17-8-16(22-14)9-20-5-4-10(16)7-20/h2-3,6,10H,4-5,7-9H2,1H3,(H,17,18,19)/t10-,16-/m0/s1. The summed E-state index contributed by atoms with van der Waals surface area (Å²) in [7, 11) is 1.67. The molecular formula is C16H18N4O2S. The fourth-order valence-electron chi connectivity index (χ4n) is 3.91. The van der Waals surface area contributed by atoms with E-state index in [0.717, 1.165) is 40.7 Å². The number of fused-ring (bicyclic) bond motifs is 4. The van der Waals surface area contributed by atoms with Crippen molar-refractivity contribution < 1.29 is 9.47 Å². The Balaban J connectivity index is 1.34. The lowest BCUT2D eigenvalue weighted by molar-refractivity contribution is 0.0364. The minimum atomic E-state index is -0.0967. The van der Waals surface area contributed by atoms with Crippen LogP contribution in [0.15, 0.2) is 23.2 Å². The summed E-state index contributed by atoms with van der Waals surface area (Å²) in [6.07, 6.45) is 1.23. The van der Waals surface area contributed by atoms with Gasteiger partial charge in [-0.05, 0) is 31.2 Å². The topological polar surface area (TPSA) is 59.0 Å². The molecule has 120 valence electrons. The van der Waals surface area contributed by atoms with E-state index in [2.05, 4.69) is 20.2 Å². The lowest BCUT2D eigenvalue weighted by Gasteiger charge is -2.31. The summed E-state index contributed by atoms with van der Waals surface area (Å²) in [4.78, 5) is 11.7. The summed E-state index contributed by atoms with van der Waals surface area (Å²) >= 11 is 1.59. The molecule has 3 aliphatic rings. The summed E-state index contributed by atoms with van der Waals surface area (Å²) in [5.41, 5.74) is 0.859. The number of hydrogen-bond donors (Lipinski definition) is 1. The molecule has 6 nitrogen and oxygen atoms in total. The molecule has 0 amide bonds. The maximum absolute atomic E-state index is 6.23. The SMILES string of the molecule is COc1ccc2nc(NC3=NC[C@@]4(C[N@]5CC[C@H]4C5)O3)sc2c1. The van der Waals surface area contributed by atoms with E-state index in [-0.39, 0.29) is 5.60 Å². The zero-order valence-electron chi connectivity index (χ0n) is 12.9. The van der Waals surface area contributed by atoms with Gasteiger partial charge in [-0.1, -0.05) is 11.3 Å².